The van der Waals surface area contributed by atoms with Crippen LogP contribution in [0.2, 0.25) is 0 Å². The van der Waals surface area contributed by atoms with Crippen molar-refractivity contribution < 1.29 is 34.2 Å². The van der Waals surface area contributed by atoms with Crippen molar-refractivity contribution in [2.45, 2.75) is 43.4 Å². The number of hydrogen-bond donors (Lipinski definition) is 9. The fourth-order valence-corrected chi connectivity index (χ4v) is 5.00. The number of hydrogen-bond acceptors (Lipinski definition) is 7. The van der Waals surface area contributed by atoms with Gasteiger partial charge < -0.3 is 41.9 Å². The smallest absolute Gasteiger partial charge is 0.327 e. The van der Waals surface area contributed by atoms with Crippen LogP contribution >= 0.6 is 12.6 Å². The van der Waals surface area contributed by atoms with Crippen molar-refractivity contribution in [2.75, 3.05) is 5.75 Å². The van der Waals surface area contributed by atoms with Crippen molar-refractivity contribution in [3.05, 3.63) is 72.1 Å². The summed E-state index contributed by atoms with van der Waals surface area (Å²) in [4.78, 5) is 68.9. The van der Waals surface area contributed by atoms with E-state index in [0.29, 0.717) is 5.56 Å². The van der Waals surface area contributed by atoms with E-state index in [-0.39, 0.29) is 18.6 Å². The number of benzene rings is 2. The number of aliphatic carboxylic acids is 2. The Balaban J connectivity index is 1.52. The number of carbonyl (C=O) groups excluding carboxylic acids is 3. The second-order valence-electron chi connectivity index (χ2n) is 10.0. The number of rotatable bonds is 14. The first-order valence-electron chi connectivity index (χ1n) is 13.4. The van der Waals surface area contributed by atoms with E-state index in [9.17, 15) is 34.2 Å². The number of nitrogens with two attached hydrogens (primary N) is 1. The predicted molar refractivity (Wildman–Crippen MR) is 162 cm³/mol. The number of carboxylic acid groups (broad SMARTS) is 2. The van der Waals surface area contributed by atoms with Gasteiger partial charge in [0.15, 0.2) is 0 Å². The molecule has 0 fully saturated rings. The third-order valence-corrected chi connectivity index (χ3v) is 7.36. The average molecular weight is 609 g/mol. The minimum Gasteiger partial charge on any atom is -0.481 e. The Morgan fingerprint density at radius 3 is 1.74 bits per heavy atom. The Labute approximate surface area is 251 Å². The number of amides is 3. The fraction of sp³-hybridized carbons (Fsp3) is 0.276. The molecule has 4 unspecified atom stereocenters. The zero-order chi connectivity index (χ0) is 31.1. The maximum Gasteiger partial charge on any atom is 0.327 e. The topological polar surface area (TPSA) is 219 Å². The lowest BCUT2D eigenvalue weighted by Gasteiger charge is -2.24. The van der Waals surface area contributed by atoms with Gasteiger partial charge in [-0.25, -0.2) is 4.79 Å². The van der Waals surface area contributed by atoms with E-state index in [1.54, 1.807) is 18.5 Å². The van der Waals surface area contributed by atoms with E-state index >= 15 is 0 Å². The Morgan fingerprint density at radius 2 is 1.21 bits per heavy atom. The minimum absolute atomic E-state index is 0.0612. The van der Waals surface area contributed by atoms with Gasteiger partial charge in [-0.3, -0.25) is 19.2 Å². The molecule has 43 heavy (non-hydrogen) atoms. The Morgan fingerprint density at radius 1 is 0.721 bits per heavy atom. The lowest BCUT2D eigenvalue weighted by Crippen LogP contribution is -2.58. The maximum absolute atomic E-state index is 13.4. The van der Waals surface area contributed by atoms with Gasteiger partial charge in [0.05, 0.1) is 12.5 Å². The summed E-state index contributed by atoms with van der Waals surface area (Å²) in [5, 5.41) is 27.8. The molecule has 0 aliphatic carbocycles. The van der Waals surface area contributed by atoms with Gasteiger partial charge in [0.1, 0.15) is 18.1 Å². The van der Waals surface area contributed by atoms with E-state index < -0.39 is 60.2 Å². The van der Waals surface area contributed by atoms with Gasteiger partial charge in [0.25, 0.3) is 0 Å². The van der Waals surface area contributed by atoms with Crippen LogP contribution in [0.25, 0.3) is 21.8 Å². The molecule has 9 N–H and O–H groups in total. The molecule has 4 atom stereocenters. The summed E-state index contributed by atoms with van der Waals surface area (Å²) in [7, 11) is 0. The maximum atomic E-state index is 13.4. The van der Waals surface area contributed by atoms with Crippen LogP contribution in [-0.4, -0.2) is 79.8 Å². The zero-order valence-electron chi connectivity index (χ0n) is 22.9. The average Bonchev–Trinajstić information content (AvgIpc) is 3.58. The molecule has 14 heteroatoms. The highest BCUT2D eigenvalue weighted by molar-refractivity contribution is 7.80. The summed E-state index contributed by atoms with van der Waals surface area (Å²) < 4.78 is 0. The highest BCUT2D eigenvalue weighted by Crippen LogP contribution is 2.20. The molecule has 0 radical (unpaired) electrons. The third kappa shape index (κ3) is 7.72. The number of carbonyl (C=O) groups is 5. The van der Waals surface area contributed by atoms with Gasteiger partial charge in [-0.2, -0.15) is 12.6 Å². The molecule has 0 aliphatic rings. The molecular weight excluding hydrogens is 576 g/mol. The second kappa shape index (κ2) is 13.9. The van der Waals surface area contributed by atoms with Crippen molar-refractivity contribution in [1.29, 1.82) is 0 Å². The Bertz CT molecular complexity index is 1650. The number of H-pyrrole nitrogens is 2. The normalized spacial score (nSPS) is 14.0. The first-order chi connectivity index (χ1) is 20.6. The molecule has 4 rings (SSSR count). The summed E-state index contributed by atoms with van der Waals surface area (Å²) in [6.45, 7) is 0. The molecular formula is C29H32N6O7S. The van der Waals surface area contributed by atoms with Crippen LogP contribution in [0.3, 0.4) is 0 Å². The van der Waals surface area contributed by atoms with Gasteiger partial charge >= 0.3 is 11.9 Å². The van der Waals surface area contributed by atoms with E-state index in [0.717, 1.165) is 27.4 Å². The van der Waals surface area contributed by atoms with Crippen LogP contribution in [0.5, 0.6) is 0 Å². The number of para-hydroxylation sites is 2. The lowest BCUT2D eigenvalue weighted by atomic mass is 10.0. The molecule has 0 saturated carbocycles. The lowest BCUT2D eigenvalue weighted by molar-refractivity contribution is -0.142. The van der Waals surface area contributed by atoms with Gasteiger partial charge in [0.2, 0.25) is 17.7 Å². The SMILES string of the molecule is NC(Cc1c[nH]c2ccccc12)C(=O)NC(CC(=O)O)C(=O)NC(Cc1c[nH]c2ccccc12)C(=O)NC(CS)C(=O)O. The van der Waals surface area contributed by atoms with Crippen LogP contribution in [0.1, 0.15) is 17.5 Å². The molecule has 0 aliphatic heterocycles. The summed E-state index contributed by atoms with van der Waals surface area (Å²) >= 11 is 3.97. The summed E-state index contributed by atoms with van der Waals surface area (Å²) in [6, 6.07) is 9.36. The first-order valence-corrected chi connectivity index (χ1v) is 14.0. The molecule has 226 valence electrons. The second-order valence-corrected chi connectivity index (χ2v) is 10.4. The first kappa shape index (κ1) is 31.1. The van der Waals surface area contributed by atoms with Crippen LogP contribution in [0, 0.1) is 0 Å². The highest BCUT2D eigenvalue weighted by Gasteiger charge is 2.32. The third-order valence-electron chi connectivity index (χ3n) is 6.99. The molecule has 4 aromatic rings. The van der Waals surface area contributed by atoms with Crippen molar-refractivity contribution in [2.24, 2.45) is 5.73 Å². The largest absolute Gasteiger partial charge is 0.481 e. The van der Waals surface area contributed by atoms with Crippen LogP contribution < -0.4 is 21.7 Å². The Kier molecular flexibility index (Phi) is 10.1. The van der Waals surface area contributed by atoms with E-state index in [1.807, 2.05) is 42.5 Å². The molecule has 2 aromatic carbocycles. The minimum atomic E-state index is -1.57. The van der Waals surface area contributed by atoms with Crippen molar-refractivity contribution in [3.8, 4) is 0 Å². The molecule has 0 bridgehead atoms. The quantitative estimate of drug-likeness (QED) is 0.0926. The summed E-state index contributed by atoms with van der Waals surface area (Å²) in [5.74, 6) is -5.43. The van der Waals surface area contributed by atoms with Gasteiger partial charge in [-0.05, 0) is 29.7 Å². The van der Waals surface area contributed by atoms with E-state index in [2.05, 4.69) is 38.5 Å². The van der Waals surface area contributed by atoms with Gasteiger partial charge in [-0.15, -0.1) is 0 Å². The summed E-state index contributed by atoms with van der Waals surface area (Å²) in [6.07, 6.45) is 2.65. The van der Waals surface area contributed by atoms with Gasteiger partial charge in [0, 0.05) is 46.4 Å². The van der Waals surface area contributed by atoms with Crippen LogP contribution in [0.15, 0.2) is 60.9 Å². The highest BCUT2D eigenvalue weighted by atomic mass is 32.1. The van der Waals surface area contributed by atoms with E-state index in [4.69, 9.17) is 5.73 Å². The molecule has 2 heterocycles. The monoisotopic (exact) mass is 608 g/mol. The number of thiol groups is 1. The molecule has 13 nitrogen and oxygen atoms in total. The number of aromatic amines is 2. The van der Waals surface area contributed by atoms with Crippen LogP contribution in [-0.2, 0) is 36.8 Å². The van der Waals surface area contributed by atoms with Crippen molar-refractivity contribution >= 4 is 64.1 Å². The number of aromatic nitrogens is 2. The molecule has 3 amide bonds. The number of fused-ring (bicyclic) bond motifs is 2. The summed E-state index contributed by atoms with van der Waals surface area (Å²) in [5.41, 5.74) is 9.19. The van der Waals surface area contributed by atoms with Crippen molar-refractivity contribution in [3.63, 3.8) is 0 Å². The predicted octanol–water partition coefficient (Wildman–Crippen LogP) is 0.705. The Hall–Kier alpha value is -4.82. The van der Waals surface area contributed by atoms with E-state index in [1.165, 1.54) is 0 Å². The zero-order valence-corrected chi connectivity index (χ0v) is 23.8. The van der Waals surface area contributed by atoms with Gasteiger partial charge in [-0.1, -0.05) is 36.4 Å². The number of nitrogens with one attached hydrogen (secondary N) is 5. The molecule has 2 aromatic heterocycles. The number of carboxylic acids is 2. The van der Waals surface area contributed by atoms with Crippen molar-refractivity contribution in [1.82, 2.24) is 25.9 Å². The standard InChI is InChI=1S/C29H32N6O7S/c30-19(9-15-12-31-20-7-3-1-5-17(15)20)26(38)33-23(11-25(36)37)28(40)34-22(27(39)35-24(14-43)29(41)42)10-16-13-32-21-8-4-2-6-18(16)21/h1-8,12-13,19,22-24,31-32,43H,9-11,14,30H2,(H,33,38)(H,34,40)(H,35,39)(H,36,37)(H,41,42). The molecule has 0 saturated heterocycles. The fourth-order valence-electron chi connectivity index (χ4n) is 4.75. The van der Waals surface area contributed by atoms with Crippen LogP contribution in [0.4, 0.5) is 0 Å². The molecule has 0 spiro atoms.